The second-order valence-electron chi connectivity index (χ2n) is 4.16. The van der Waals surface area contributed by atoms with Crippen LogP contribution in [-0.2, 0) is 11.3 Å². The molecule has 2 aromatic rings. The van der Waals surface area contributed by atoms with E-state index in [9.17, 15) is 13.6 Å². The van der Waals surface area contributed by atoms with Gasteiger partial charge in [-0.2, -0.15) is 0 Å². The van der Waals surface area contributed by atoms with Crippen molar-refractivity contribution in [2.24, 2.45) is 0 Å². The van der Waals surface area contributed by atoms with Crippen molar-refractivity contribution in [3.8, 4) is 0 Å². The minimum absolute atomic E-state index is 0.120. The molecular weight excluding hydrogens is 264 g/mol. The lowest BCUT2D eigenvalue weighted by Gasteiger charge is -2.11. The summed E-state index contributed by atoms with van der Waals surface area (Å²) in [6.45, 7) is 0.385. The molecule has 0 aliphatic rings. The van der Waals surface area contributed by atoms with Gasteiger partial charge in [-0.3, -0.25) is 0 Å². The molecule has 0 saturated carbocycles. The number of rotatable bonds is 4. The summed E-state index contributed by atoms with van der Waals surface area (Å²) in [5.74, 6) is -1.45. The summed E-state index contributed by atoms with van der Waals surface area (Å²) in [5.41, 5.74) is 1.42. The number of carbonyl (C=O) groups is 1. The zero-order valence-corrected chi connectivity index (χ0v) is 10.8. The van der Waals surface area contributed by atoms with Gasteiger partial charge in [-0.15, -0.1) is 0 Å². The Bertz CT molecular complexity index is 612. The molecule has 0 atom stereocenters. The van der Waals surface area contributed by atoms with Gasteiger partial charge in [0, 0.05) is 12.2 Å². The molecule has 0 radical (unpaired) electrons. The molecule has 1 N–H and O–H groups in total. The van der Waals surface area contributed by atoms with Crippen LogP contribution in [0.4, 0.5) is 14.5 Å². The molecule has 0 bridgehead atoms. The number of carbonyl (C=O) groups excluding carboxylic acids is 1. The lowest BCUT2D eigenvalue weighted by molar-refractivity contribution is 0.0601. The molecule has 5 heteroatoms. The molecule has 0 saturated heterocycles. The van der Waals surface area contributed by atoms with Crippen LogP contribution in [0, 0.1) is 11.6 Å². The van der Waals surface area contributed by atoms with Crippen LogP contribution in [0.1, 0.15) is 15.9 Å². The minimum atomic E-state index is -0.619. The molecule has 0 unspecified atom stereocenters. The molecule has 2 aromatic carbocycles. The molecule has 0 aliphatic carbocycles. The van der Waals surface area contributed by atoms with E-state index < -0.39 is 11.8 Å². The summed E-state index contributed by atoms with van der Waals surface area (Å²) in [7, 11) is 1.23. The van der Waals surface area contributed by atoms with Crippen molar-refractivity contribution in [2.75, 3.05) is 12.4 Å². The van der Waals surface area contributed by atoms with Gasteiger partial charge in [0.2, 0.25) is 0 Å². The minimum Gasteiger partial charge on any atom is -0.465 e. The first kappa shape index (κ1) is 14.0. The normalized spacial score (nSPS) is 10.2. The maximum atomic E-state index is 13.2. The number of hydrogen-bond donors (Lipinski definition) is 1. The van der Waals surface area contributed by atoms with E-state index in [0.717, 1.165) is 11.6 Å². The summed E-state index contributed by atoms with van der Waals surface area (Å²) < 4.78 is 30.6. The van der Waals surface area contributed by atoms with Gasteiger partial charge in [0.25, 0.3) is 0 Å². The fourth-order valence-corrected chi connectivity index (χ4v) is 1.75. The Hall–Kier alpha value is -2.43. The molecule has 0 heterocycles. The molecular formula is C15H13F2NO2. The van der Waals surface area contributed by atoms with Gasteiger partial charge in [-0.1, -0.05) is 12.1 Å². The highest BCUT2D eigenvalue weighted by atomic mass is 19.1. The van der Waals surface area contributed by atoms with E-state index in [0.29, 0.717) is 12.2 Å². The van der Waals surface area contributed by atoms with Gasteiger partial charge < -0.3 is 10.1 Å². The predicted molar refractivity (Wildman–Crippen MR) is 71.5 cm³/mol. The van der Waals surface area contributed by atoms with Crippen LogP contribution in [0.2, 0.25) is 0 Å². The third-order valence-electron chi connectivity index (χ3n) is 2.78. The second kappa shape index (κ2) is 6.14. The zero-order valence-electron chi connectivity index (χ0n) is 10.8. The Balaban J connectivity index is 2.16. The van der Waals surface area contributed by atoms with E-state index in [4.69, 9.17) is 0 Å². The summed E-state index contributed by atoms with van der Waals surface area (Å²) in [4.78, 5) is 11.6. The number of methoxy groups -OCH3 is 1. The zero-order chi connectivity index (χ0) is 14.5. The first-order valence-corrected chi connectivity index (χ1v) is 5.96. The van der Waals surface area contributed by atoms with Crippen LogP contribution in [-0.4, -0.2) is 13.1 Å². The fraction of sp³-hybridized carbons (Fsp3) is 0.133. The highest BCUT2D eigenvalue weighted by Crippen LogP contribution is 2.19. The monoisotopic (exact) mass is 277 g/mol. The van der Waals surface area contributed by atoms with Crippen molar-refractivity contribution in [1.29, 1.82) is 0 Å². The first-order valence-electron chi connectivity index (χ1n) is 5.96. The summed E-state index contributed by atoms with van der Waals surface area (Å²) >= 11 is 0. The summed E-state index contributed by atoms with van der Waals surface area (Å²) in [6.07, 6.45) is 0. The van der Waals surface area contributed by atoms with Gasteiger partial charge in [0.1, 0.15) is 11.6 Å². The number of benzene rings is 2. The smallest absolute Gasteiger partial charge is 0.340 e. The van der Waals surface area contributed by atoms with Crippen molar-refractivity contribution in [2.45, 2.75) is 6.54 Å². The van der Waals surface area contributed by atoms with Crippen LogP contribution in [0.25, 0.3) is 0 Å². The molecule has 20 heavy (non-hydrogen) atoms. The van der Waals surface area contributed by atoms with E-state index in [1.54, 1.807) is 12.1 Å². The third kappa shape index (κ3) is 3.32. The van der Waals surface area contributed by atoms with Crippen molar-refractivity contribution in [3.63, 3.8) is 0 Å². The fourth-order valence-electron chi connectivity index (χ4n) is 1.75. The molecule has 0 aliphatic heterocycles. The molecule has 104 valence electrons. The third-order valence-corrected chi connectivity index (χ3v) is 2.78. The van der Waals surface area contributed by atoms with E-state index >= 15 is 0 Å². The largest absolute Gasteiger partial charge is 0.465 e. The highest BCUT2D eigenvalue weighted by Gasteiger charge is 2.12. The van der Waals surface area contributed by atoms with Crippen LogP contribution in [0.5, 0.6) is 0 Å². The Morgan fingerprint density at radius 1 is 1.10 bits per heavy atom. The second-order valence-corrected chi connectivity index (χ2v) is 4.16. The molecule has 3 nitrogen and oxygen atoms in total. The number of hydrogen-bond acceptors (Lipinski definition) is 3. The van der Waals surface area contributed by atoms with Crippen molar-refractivity contribution < 1.29 is 18.3 Å². The SMILES string of the molecule is COC(=O)c1cc(F)ccc1NCc1ccc(F)cc1. The standard InChI is InChI=1S/C15H13F2NO2/c1-20-15(19)13-8-12(17)6-7-14(13)18-9-10-2-4-11(16)5-3-10/h2-8,18H,9H2,1H3. The maximum Gasteiger partial charge on any atom is 0.340 e. The Labute approximate surface area is 115 Å². The molecule has 0 fully saturated rings. The van der Waals surface area contributed by atoms with E-state index in [1.807, 2.05) is 0 Å². The van der Waals surface area contributed by atoms with E-state index in [-0.39, 0.29) is 11.4 Å². The predicted octanol–water partition coefficient (Wildman–Crippen LogP) is 3.36. The van der Waals surface area contributed by atoms with Crippen molar-refractivity contribution in [1.82, 2.24) is 0 Å². The summed E-state index contributed by atoms with van der Waals surface area (Å²) in [6, 6.07) is 9.78. The summed E-state index contributed by atoms with van der Waals surface area (Å²) in [5, 5.41) is 3.00. The highest BCUT2D eigenvalue weighted by molar-refractivity contribution is 5.95. The topological polar surface area (TPSA) is 38.3 Å². The van der Waals surface area contributed by atoms with Crippen LogP contribution < -0.4 is 5.32 Å². The lowest BCUT2D eigenvalue weighted by Crippen LogP contribution is -2.08. The Morgan fingerprint density at radius 3 is 2.40 bits per heavy atom. The average Bonchev–Trinajstić information content (AvgIpc) is 2.46. The van der Waals surface area contributed by atoms with Gasteiger partial charge in [0.15, 0.2) is 0 Å². The average molecular weight is 277 g/mol. The molecule has 0 aromatic heterocycles. The van der Waals surface area contributed by atoms with Crippen LogP contribution >= 0.6 is 0 Å². The van der Waals surface area contributed by atoms with Gasteiger partial charge in [0.05, 0.1) is 12.7 Å². The van der Waals surface area contributed by atoms with Crippen molar-refractivity contribution >= 4 is 11.7 Å². The number of ether oxygens (including phenoxy) is 1. The first-order chi connectivity index (χ1) is 9.60. The number of halogens is 2. The number of nitrogens with one attached hydrogen (secondary N) is 1. The Morgan fingerprint density at radius 2 is 1.75 bits per heavy atom. The number of esters is 1. The quantitative estimate of drug-likeness (QED) is 0.871. The van der Waals surface area contributed by atoms with Gasteiger partial charge in [-0.05, 0) is 35.9 Å². The Kier molecular flexibility index (Phi) is 4.30. The van der Waals surface area contributed by atoms with Gasteiger partial charge in [-0.25, -0.2) is 13.6 Å². The van der Waals surface area contributed by atoms with Gasteiger partial charge >= 0.3 is 5.97 Å². The molecule has 2 rings (SSSR count). The lowest BCUT2D eigenvalue weighted by atomic mass is 10.1. The number of anilines is 1. The molecule has 0 spiro atoms. The van der Waals surface area contributed by atoms with Crippen LogP contribution in [0.3, 0.4) is 0 Å². The van der Waals surface area contributed by atoms with Crippen LogP contribution in [0.15, 0.2) is 42.5 Å². The maximum absolute atomic E-state index is 13.2. The van der Waals surface area contributed by atoms with E-state index in [1.165, 1.54) is 31.4 Å². The van der Waals surface area contributed by atoms with Crippen molar-refractivity contribution in [3.05, 3.63) is 65.2 Å². The molecule has 0 amide bonds. The van der Waals surface area contributed by atoms with E-state index in [2.05, 4.69) is 10.1 Å².